The van der Waals surface area contributed by atoms with Gasteiger partial charge >= 0.3 is 0 Å². The molecule has 0 saturated carbocycles. The first-order valence-corrected chi connectivity index (χ1v) is 19.0. The highest BCUT2D eigenvalue weighted by Crippen LogP contribution is 2.47. The Bertz CT molecular complexity index is 3310. The monoisotopic (exact) mass is 688 g/mol. The van der Waals surface area contributed by atoms with Crippen molar-refractivity contribution in [3.63, 3.8) is 0 Å². The molecule has 1 unspecified atom stereocenters. The molecule has 0 N–H and O–H groups in total. The molecule has 1 atom stereocenters. The Morgan fingerprint density at radius 1 is 0.481 bits per heavy atom. The van der Waals surface area contributed by atoms with Crippen LogP contribution in [0.1, 0.15) is 24.5 Å². The summed E-state index contributed by atoms with van der Waals surface area (Å²) in [7, 11) is 0. The molecule has 0 amide bonds. The first-order valence-electron chi connectivity index (χ1n) is 19.0. The molecule has 2 heterocycles. The minimum atomic E-state index is 0.276. The van der Waals surface area contributed by atoms with E-state index in [4.69, 9.17) is 4.99 Å². The van der Waals surface area contributed by atoms with Gasteiger partial charge in [0.2, 0.25) is 0 Å². The van der Waals surface area contributed by atoms with Gasteiger partial charge in [-0.15, -0.1) is 0 Å². The van der Waals surface area contributed by atoms with Crippen LogP contribution < -0.4 is 10.6 Å². The quantitative estimate of drug-likeness (QED) is 0.164. The molecule has 2 nitrogen and oxygen atoms in total. The molecule has 0 spiro atoms. The molecular weight excluding hydrogens is 653 g/mol. The molecule has 0 saturated heterocycles. The lowest BCUT2D eigenvalue weighted by molar-refractivity contribution is 0.758. The predicted octanol–water partition coefficient (Wildman–Crippen LogP) is 12.3. The Morgan fingerprint density at radius 2 is 1.06 bits per heavy atom. The molecule has 10 aromatic rings. The summed E-state index contributed by atoms with van der Waals surface area (Å²) in [6, 6.07) is 64.3. The van der Waals surface area contributed by atoms with Gasteiger partial charge < -0.3 is 4.57 Å². The SMILES string of the molecule is CC1C/C=C(c2ccccc2)/N=c2/cccc/c2=C/1c1cccc(-n2c3ccccc3c3c4c5ccccc5c5ccccc5c4c4ccccc4c32)c1. The standard InChI is InChI=1S/C52H36N2/c1-33-30-31-45(34-16-3-2-4-17-34)53-46-28-13-11-26-43(46)48(33)35-18-15-19-36(32-35)54-47-29-14-12-27-44(47)51-50-40-23-8-6-21-38(40)37-20-5-7-22-39(37)49(50)41-24-9-10-25-42(41)52(51)54/h2-29,31-33H,30H2,1H3/b45-31+,48-43+,53-46-. The maximum absolute atomic E-state index is 5.28. The molecule has 9 aromatic carbocycles. The van der Waals surface area contributed by atoms with Gasteiger partial charge in [0.15, 0.2) is 0 Å². The van der Waals surface area contributed by atoms with Crippen LogP contribution in [-0.4, -0.2) is 4.57 Å². The van der Waals surface area contributed by atoms with E-state index in [2.05, 4.69) is 193 Å². The summed E-state index contributed by atoms with van der Waals surface area (Å²) < 4.78 is 2.53. The third kappa shape index (κ3) is 4.56. The zero-order chi connectivity index (χ0) is 35.8. The molecule has 2 heteroatoms. The van der Waals surface area contributed by atoms with Gasteiger partial charge in [0, 0.05) is 32.5 Å². The van der Waals surface area contributed by atoms with Crippen molar-refractivity contribution in [2.75, 3.05) is 0 Å². The average molecular weight is 689 g/mol. The van der Waals surface area contributed by atoms with E-state index in [0.29, 0.717) is 0 Å². The summed E-state index contributed by atoms with van der Waals surface area (Å²) >= 11 is 0. The summed E-state index contributed by atoms with van der Waals surface area (Å²) in [6.45, 7) is 2.36. The number of para-hydroxylation sites is 2. The van der Waals surface area contributed by atoms with Gasteiger partial charge in [-0.2, -0.15) is 0 Å². The fourth-order valence-corrected chi connectivity index (χ4v) is 9.29. The number of rotatable bonds is 3. The maximum Gasteiger partial charge on any atom is 0.0712 e. The highest BCUT2D eigenvalue weighted by atomic mass is 15.0. The summed E-state index contributed by atoms with van der Waals surface area (Å²) in [5.74, 6) is 0.276. The Labute approximate surface area is 313 Å². The van der Waals surface area contributed by atoms with Gasteiger partial charge in [0.1, 0.15) is 0 Å². The average Bonchev–Trinajstić information content (AvgIpc) is 3.58. The van der Waals surface area contributed by atoms with Crippen LogP contribution in [0.2, 0.25) is 0 Å². The molecule has 254 valence electrons. The van der Waals surface area contributed by atoms with Crippen LogP contribution >= 0.6 is 0 Å². The minimum Gasteiger partial charge on any atom is -0.309 e. The van der Waals surface area contributed by atoms with Crippen molar-refractivity contribution in [1.29, 1.82) is 0 Å². The van der Waals surface area contributed by atoms with E-state index in [1.54, 1.807) is 0 Å². The first kappa shape index (κ1) is 30.8. The predicted molar refractivity (Wildman–Crippen MR) is 229 cm³/mol. The lowest BCUT2D eigenvalue weighted by atomic mass is 9.87. The van der Waals surface area contributed by atoms with Crippen molar-refractivity contribution >= 4 is 76.2 Å². The van der Waals surface area contributed by atoms with Gasteiger partial charge in [0.05, 0.1) is 22.1 Å². The summed E-state index contributed by atoms with van der Waals surface area (Å²) in [5.41, 5.74) is 8.36. The molecule has 1 aliphatic heterocycles. The first-order chi connectivity index (χ1) is 26.7. The van der Waals surface area contributed by atoms with Crippen LogP contribution in [0, 0.1) is 5.92 Å². The second-order valence-electron chi connectivity index (χ2n) is 14.6. The van der Waals surface area contributed by atoms with Crippen molar-refractivity contribution in [1.82, 2.24) is 4.57 Å². The van der Waals surface area contributed by atoms with E-state index >= 15 is 0 Å². The van der Waals surface area contributed by atoms with Gasteiger partial charge in [-0.05, 0) is 85.6 Å². The maximum atomic E-state index is 5.28. The largest absolute Gasteiger partial charge is 0.309 e. The second kappa shape index (κ2) is 12.1. The van der Waals surface area contributed by atoms with Gasteiger partial charge in [-0.25, -0.2) is 4.99 Å². The van der Waals surface area contributed by atoms with Crippen LogP contribution in [0.25, 0.3) is 81.9 Å². The molecule has 0 fully saturated rings. The van der Waals surface area contributed by atoms with Crippen molar-refractivity contribution < 1.29 is 0 Å². The highest BCUT2D eigenvalue weighted by molar-refractivity contribution is 6.42. The molecule has 11 rings (SSSR count). The molecular formula is C52H36N2. The van der Waals surface area contributed by atoms with Crippen molar-refractivity contribution in [2.45, 2.75) is 13.3 Å². The number of hydrogen-bond donors (Lipinski definition) is 0. The molecule has 0 aliphatic carbocycles. The molecule has 54 heavy (non-hydrogen) atoms. The third-order valence-corrected chi connectivity index (χ3v) is 11.6. The van der Waals surface area contributed by atoms with Crippen molar-refractivity contribution in [2.24, 2.45) is 10.9 Å². The van der Waals surface area contributed by atoms with Crippen LogP contribution in [0.15, 0.2) is 187 Å². The Balaban J connectivity index is 1.25. The normalized spacial score (nSPS) is 17.3. The fraction of sp³-hybridized carbons (Fsp3) is 0.0577. The fourth-order valence-electron chi connectivity index (χ4n) is 9.29. The van der Waals surface area contributed by atoms with Crippen LogP contribution in [0.3, 0.4) is 0 Å². The van der Waals surface area contributed by atoms with E-state index < -0.39 is 0 Å². The molecule has 0 radical (unpaired) electrons. The lowest BCUT2D eigenvalue weighted by Crippen LogP contribution is -2.30. The van der Waals surface area contributed by atoms with Crippen LogP contribution in [0.5, 0.6) is 0 Å². The van der Waals surface area contributed by atoms with Gasteiger partial charge in [0.25, 0.3) is 0 Å². The lowest BCUT2D eigenvalue weighted by Gasteiger charge is -2.20. The van der Waals surface area contributed by atoms with Crippen molar-refractivity contribution in [3.05, 3.63) is 204 Å². The smallest absolute Gasteiger partial charge is 0.0712 e. The van der Waals surface area contributed by atoms with Crippen molar-refractivity contribution in [3.8, 4) is 5.69 Å². The Hall–Kier alpha value is -6.77. The van der Waals surface area contributed by atoms with E-state index in [0.717, 1.165) is 28.7 Å². The van der Waals surface area contributed by atoms with Gasteiger partial charge in [-0.3, -0.25) is 0 Å². The van der Waals surface area contributed by atoms with E-state index in [1.165, 1.54) is 81.3 Å². The summed E-state index contributed by atoms with van der Waals surface area (Å²) in [5, 5.41) is 15.1. The number of allylic oxidation sites excluding steroid dienone is 1. The van der Waals surface area contributed by atoms with Crippen LogP contribution in [-0.2, 0) is 0 Å². The van der Waals surface area contributed by atoms with E-state index in [1.807, 2.05) is 0 Å². The summed E-state index contributed by atoms with van der Waals surface area (Å²) in [4.78, 5) is 5.28. The highest BCUT2D eigenvalue weighted by Gasteiger charge is 2.23. The third-order valence-electron chi connectivity index (χ3n) is 11.6. The zero-order valence-electron chi connectivity index (χ0n) is 30.0. The second-order valence-corrected chi connectivity index (χ2v) is 14.6. The summed E-state index contributed by atoms with van der Waals surface area (Å²) in [6.07, 6.45) is 3.21. The van der Waals surface area contributed by atoms with Crippen LogP contribution in [0.4, 0.5) is 0 Å². The molecule has 1 aromatic heterocycles. The van der Waals surface area contributed by atoms with E-state index in [9.17, 15) is 0 Å². The number of aromatic nitrogens is 1. The minimum absolute atomic E-state index is 0.276. The van der Waals surface area contributed by atoms with E-state index in [-0.39, 0.29) is 5.92 Å². The number of nitrogens with zero attached hydrogens (tertiary/aromatic N) is 2. The molecule has 1 aliphatic rings. The van der Waals surface area contributed by atoms with Gasteiger partial charge in [-0.1, -0.05) is 165 Å². The number of benzene rings is 9. The Morgan fingerprint density at radius 3 is 1.81 bits per heavy atom. The molecule has 0 bridgehead atoms. The number of hydrogen-bond acceptors (Lipinski definition) is 1. The topological polar surface area (TPSA) is 17.3 Å². The Kier molecular flexibility index (Phi) is 6.93. The zero-order valence-corrected chi connectivity index (χ0v) is 30.0. The number of fused-ring (bicyclic) bond motifs is 14.